The summed E-state index contributed by atoms with van der Waals surface area (Å²) in [7, 11) is -2.15. The topological polar surface area (TPSA) is 57.6 Å². The maximum Gasteiger partial charge on any atom is 0.275 e. The number of anilines is 2. The van der Waals surface area contributed by atoms with Crippen LogP contribution in [-0.4, -0.2) is 51.6 Å². The number of rotatable bonds is 10. The van der Waals surface area contributed by atoms with E-state index in [1.165, 1.54) is 0 Å². The molecule has 0 aliphatic carbocycles. The second kappa shape index (κ2) is 13.0. The summed E-state index contributed by atoms with van der Waals surface area (Å²) in [5.41, 5.74) is 5.21. The molecule has 8 heteroatoms. The van der Waals surface area contributed by atoms with Gasteiger partial charge in [0.2, 0.25) is 0 Å². The fraction of sp³-hybridized carbons (Fsp3) is 0.366. The number of para-hydroxylation sites is 1. The Bertz CT molecular complexity index is 1830. The fourth-order valence-electron chi connectivity index (χ4n) is 6.87. The van der Waals surface area contributed by atoms with Crippen LogP contribution in [0.3, 0.4) is 0 Å². The summed E-state index contributed by atoms with van der Waals surface area (Å²) in [6, 6.07) is 28.6. The van der Waals surface area contributed by atoms with Crippen LogP contribution in [-0.2, 0) is 5.54 Å². The number of carbonyl (C=O) groups excluding carboxylic acids is 1. The molecule has 1 spiro atoms. The summed E-state index contributed by atoms with van der Waals surface area (Å²) in [5, 5.41) is 6.82. The minimum absolute atomic E-state index is 0.0252. The molecule has 2 aliphatic rings. The van der Waals surface area contributed by atoms with Crippen molar-refractivity contribution in [2.45, 2.75) is 72.1 Å². The molecule has 0 fully saturated rings. The molecule has 256 valence electrons. The highest BCUT2D eigenvalue weighted by molar-refractivity contribution is 6.74. The van der Waals surface area contributed by atoms with Crippen LogP contribution in [0.1, 0.15) is 81.1 Å². The van der Waals surface area contributed by atoms with Crippen molar-refractivity contribution < 1.29 is 14.0 Å². The Kier molecular flexibility index (Phi) is 9.13. The molecular formula is C41H50N4O3Si. The predicted octanol–water partition coefficient (Wildman–Crippen LogP) is 9.65. The third kappa shape index (κ3) is 5.70. The number of nitrogens with zero attached hydrogens (tertiary/aromatic N) is 4. The minimum Gasteiger partial charge on any atom is -0.543 e. The summed E-state index contributed by atoms with van der Waals surface area (Å²) >= 11 is 0. The summed E-state index contributed by atoms with van der Waals surface area (Å²) in [4.78, 5) is 19.2. The van der Waals surface area contributed by atoms with Gasteiger partial charge in [-0.25, -0.2) is 5.01 Å². The molecule has 49 heavy (non-hydrogen) atoms. The van der Waals surface area contributed by atoms with Crippen molar-refractivity contribution in [2.24, 2.45) is 5.10 Å². The van der Waals surface area contributed by atoms with Crippen LogP contribution >= 0.6 is 0 Å². The second-order valence-electron chi connectivity index (χ2n) is 14.3. The molecule has 4 aromatic carbocycles. The molecule has 0 bridgehead atoms. The Morgan fingerprint density at radius 1 is 0.776 bits per heavy atom. The van der Waals surface area contributed by atoms with Crippen molar-refractivity contribution in [1.82, 2.24) is 5.01 Å². The van der Waals surface area contributed by atoms with E-state index >= 15 is 0 Å². The van der Waals surface area contributed by atoms with Crippen molar-refractivity contribution in [1.29, 1.82) is 0 Å². The SMILES string of the molecule is CCN(CC)c1ccc2c(c1)Oc1cc(N(CC)CC)ccc1C21c2ccccc2C(=O)N1/N=C/c1ccccc1O[Si](C)(C)C(C)(C)C. The van der Waals surface area contributed by atoms with Crippen LogP contribution in [0, 0.1) is 0 Å². The zero-order chi connectivity index (χ0) is 35.1. The van der Waals surface area contributed by atoms with Crippen molar-refractivity contribution in [2.75, 3.05) is 36.0 Å². The van der Waals surface area contributed by atoms with Gasteiger partial charge >= 0.3 is 0 Å². The van der Waals surface area contributed by atoms with Gasteiger partial charge in [0, 0.05) is 77.5 Å². The van der Waals surface area contributed by atoms with E-state index in [9.17, 15) is 4.79 Å². The monoisotopic (exact) mass is 674 g/mol. The van der Waals surface area contributed by atoms with Crippen LogP contribution in [0.25, 0.3) is 0 Å². The van der Waals surface area contributed by atoms with Crippen molar-refractivity contribution >= 4 is 31.8 Å². The van der Waals surface area contributed by atoms with Crippen LogP contribution in [0.4, 0.5) is 11.4 Å². The Balaban J connectivity index is 1.59. The average molecular weight is 675 g/mol. The summed E-state index contributed by atoms with van der Waals surface area (Å²) < 4.78 is 13.6. The summed E-state index contributed by atoms with van der Waals surface area (Å²) in [6.07, 6.45) is 1.79. The zero-order valence-corrected chi connectivity index (χ0v) is 31.5. The van der Waals surface area contributed by atoms with Gasteiger partial charge in [0.15, 0.2) is 0 Å². The maximum atomic E-state index is 14.6. The van der Waals surface area contributed by atoms with E-state index in [4.69, 9.17) is 14.3 Å². The molecule has 7 nitrogen and oxygen atoms in total. The van der Waals surface area contributed by atoms with Gasteiger partial charge in [0.25, 0.3) is 14.2 Å². The molecule has 4 aromatic rings. The Morgan fingerprint density at radius 3 is 1.86 bits per heavy atom. The van der Waals surface area contributed by atoms with E-state index in [0.29, 0.717) is 5.56 Å². The van der Waals surface area contributed by atoms with Gasteiger partial charge in [0.1, 0.15) is 22.8 Å². The van der Waals surface area contributed by atoms with Crippen LogP contribution in [0.15, 0.2) is 90.0 Å². The number of hydrogen-bond donors (Lipinski definition) is 0. The molecule has 0 unspecified atom stereocenters. The van der Waals surface area contributed by atoms with Gasteiger partial charge in [-0.15, -0.1) is 0 Å². The number of carbonyl (C=O) groups is 1. The standard InChI is InChI=1S/C41H50N4O3Si/c1-10-43(11-2)30-22-24-34-37(26-30)47-38-27-31(44(12-3)13-4)23-25-35(38)41(34)33-20-16-15-19-32(33)39(46)45(41)42-28-29-18-14-17-21-36(29)48-49(8,9)40(5,6)7/h14-28H,10-13H2,1-9H3/b42-28+. The van der Waals surface area contributed by atoms with E-state index in [2.05, 4.69) is 114 Å². The fourth-order valence-corrected chi connectivity index (χ4v) is 7.92. The lowest BCUT2D eigenvalue weighted by Gasteiger charge is -2.42. The zero-order valence-electron chi connectivity index (χ0n) is 30.5. The predicted molar refractivity (Wildman–Crippen MR) is 204 cm³/mol. The number of amides is 1. The first-order valence-electron chi connectivity index (χ1n) is 17.6. The maximum absolute atomic E-state index is 14.6. The first-order chi connectivity index (χ1) is 23.4. The van der Waals surface area contributed by atoms with Crippen LogP contribution < -0.4 is 19.0 Å². The molecule has 2 heterocycles. The largest absolute Gasteiger partial charge is 0.543 e. The number of ether oxygens (including phenoxy) is 1. The van der Waals surface area contributed by atoms with E-state index in [0.717, 1.165) is 77.1 Å². The summed E-state index contributed by atoms with van der Waals surface area (Å²) in [5.74, 6) is 2.06. The van der Waals surface area contributed by atoms with Crippen LogP contribution in [0.2, 0.25) is 18.1 Å². The van der Waals surface area contributed by atoms with Gasteiger partial charge in [-0.2, -0.15) is 5.10 Å². The highest BCUT2D eigenvalue weighted by Gasteiger charge is 2.57. The van der Waals surface area contributed by atoms with E-state index in [-0.39, 0.29) is 10.9 Å². The van der Waals surface area contributed by atoms with Gasteiger partial charge < -0.3 is 19.0 Å². The number of benzene rings is 4. The lowest BCUT2D eigenvalue weighted by atomic mass is 9.75. The van der Waals surface area contributed by atoms with Gasteiger partial charge in [-0.1, -0.05) is 63.2 Å². The van der Waals surface area contributed by atoms with Crippen molar-refractivity contribution in [3.8, 4) is 17.2 Å². The van der Waals surface area contributed by atoms with Gasteiger partial charge in [0.05, 0.1) is 6.21 Å². The Hall–Kier alpha value is -4.56. The molecule has 0 N–H and O–H groups in total. The molecule has 2 aliphatic heterocycles. The normalized spacial score (nSPS) is 14.8. The minimum atomic E-state index is -2.15. The van der Waals surface area contributed by atoms with E-state index in [1.807, 2.05) is 42.5 Å². The molecule has 6 rings (SSSR count). The van der Waals surface area contributed by atoms with E-state index < -0.39 is 13.9 Å². The van der Waals surface area contributed by atoms with E-state index in [1.54, 1.807) is 11.2 Å². The number of hydrazone groups is 1. The molecule has 0 aromatic heterocycles. The number of fused-ring (bicyclic) bond motifs is 6. The quantitative estimate of drug-likeness (QED) is 0.124. The highest BCUT2D eigenvalue weighted by atomic mass is 28.4. The lowest BCUT2D eigenvalue weighted by Crippen LogP contribution is -2.45. The molecule has 1 amide bonds. The molecule has 0 saturated carbocycles. The molecule has 0 atom stereocenters. The molecular weight excluding hydrogens is 625 g/mol. The Labute approximate surface area is 293 Å². The van der Waals surface area contributed by atoms with Crippen molar-refractivity contribution in [3.63, 3.8) is 0 Å². The third-order valence-corrected chi connectivity index (χ3v) is 15.0. The van der Waals surface area contributed by atoms with Gasteiger partial charge in [-0.05, 0) is 76.2 Å². The first-order valence-corrected chi connectivity index (χ1v) is 20.5. The number of hydrogen-bond acceptors (Lipinski definition) is 6. The van der Waals surface area contributed by atoms with Crippen molar-refractivity contribution in [3.05, 3.63) is 113 Å². The average Bonchev–Trinajstić information content (AvgIpc) is 3.32. The van der Waals surface area contributed by atoms with Gasteiger partial charge in [-0.3, -0.25) is 4.79 Å². The molecule has 0 radical (unpaired) electrons. The first kappa shape index (κ1) is 34.3. The lowest BCUT2D eigenvalue weighted by molar-refractivity contribution is 0.0675. The summed E-state index contributed by atoms with van der Waals surface area (Å²) in [6.45, 7) is 23.3. The highest BCUT2D eigenvalue weighted by Crippen LogP contribution is 2.58. The molecule has 0 saturated heterocycles. The smallest absolute Gasteiger partial charge is 0.275 e. The Morgan fingerprint density at radius 2 is 1.31 bits per heavy atom. The third-order valence-electron chi connectivity index (χ3n) is 10.6. The van der Waals surface area contributed by atoms with Crippen LogP contribution in [0.5, 0.6) is 17.2 Å². The second-order valence-corrected chi connectivity index (χ2v) is 19.1.